The lowest BCUT2D eigenvalue weighted by Gasteiger charge is -2.15. The Morgan fingerprint density at radius 2 is 1.40 bits per heavy atom. The third-order valence-corrected chi connectivity index (χ3v) is 5.49. The number of aromatic nitrogens is 2. The van der Waals surface area contributed by atoms with Crippen molar-refractivity contribution in [3.05, 3.63) is 119 Å². The van der Waals surface area contributed by atoms with Crippen LogP contribution in [0.25, 0.3) is 17.5 Å². The molecule has 35 heavy (non-hydrogen) atoms. The van der Waals surface area contributed by atoms with Crippen molar-refractivity contribution < 1.29 is 14.3 Å². The highest BCUT2D eigenvalue weighted by molar-refractivity contribution is 5.86. The highest BCUT2D eigenvalue weighted by Gasteiger charge is 2.23. The number of para-hydroxylation sites is 2. The van der Waals surface area contributed by atoms with Crippen LogP contribution in [0.1, 0.15) is 30.9 Å². The summed E-state index contributed by atoms with van der Waals surface area (Å²) in [5.74, 6) is -0.154. The zero-order valence-electron chi connectivity index (χ0n) is 19.7. The van der Waals surface area contributed by atoms with Gasteiger partial charge in [-0.05, 0) is 48.7 Å². The van der Waals surface area contributed by atoms with Crippen LogP contribution < -0.4 is 10.3 Å². The lowest BCUT2D eigenvalue weighted by Crippen LogP contribution is -2.21. The molecule has 0 aliphatic heterocycles. The average molecular weight is 469 g/mol. The molecule has 6 heteroatoms. The van der Waals surface area contributed by atoms with Crippen molar-refractivity contribution in [2.24, 2.45) is 0 Å². The summed E-state index contributed by atoms with van der Waals surface area (Å²) in [4.78, 5) is 25.8. The highest BCUT2D eigenvalue weighted by atomic mass is 16.7. The molecule has 6 nitrogen and oxygen atoms in total. The molecule has 0 amide bonds. The van der Waals surface area contributed by atoms with E-state index < -0.39 is 5.97 Å². The van der Waals surface area contributed by atoms with E-state index in [0.29, 0.717) is 17.9 Å². The Morgan fingerprint density at radius 3 is 2.00 bits per heavy atom. The minimum absolute atomic E-state index is 0.154. The number of carbonyl (C=O) groups excluding carboxylic acids is 1. The Kier molecular flexibility index (Phi) is 7.96. The van der Waals surface area contributed by atoms with Crippen LogP contribution in [0.4, 0.5) is 0 Å². The summed E-state index contributed by atoms with van der Waals surface area (Å²) in [5, 5.41) is 0. The molecule has 0 aliphatic carbocycles. The van der Waals surface area contributed by atoms with Gasteiger partial charge in [-0.15, -0.1) is 0 Å². The number of esters is 1. The van der Waals surface area contributed by atoms with Crippen LogP contribution >= 0.6 is 0 Å². The summed E-state index contributed by atoms with van der Waals surface area (Å²) in [6, 6.07) is 28.5. The van der Waals surface area contributed by atoms with E-state index in [1.807, 2.05) is 91.0 Å². The number of carbonyl (C=O) groups is 1. The molecule has 0 bridgehead atoms. The van der Waals surface area contributed by atoms with Gasteiger partial charge < -0.3 is 9.47 Å². The predicted molar refractivity (Wildman–Crippen MR) is 137 cm³/mol. The summed E-state index contributed by atoms with van der Waals surface area (Å²) < 4.78 is 14.6. The van der Waals surface area contributed by atoms with E-state index in [0.717, 1.165) is 29.8 Å². The number of hydrogen-bond donors (Lipinski definition) is 0. The summed E-state index contributed by atoms with van der Waals surface area (Å²) >= 11 is 0. The summed E-state index contributed by atoms with van der Waals surface area (Å²) in [6.07, 6.45) is 5.36. The van der Waals surface area contributed by atoms with Crippen LogP contribution in [0, 0.1) is 0 Å². The second kappa shape index (κ2) is 11.7. The van der Waals surface area contributed by atoms with Crippen molar-refractivity contribution in [2.75, 3.05) is 6.79 Å². The first-order valence-electron chi connectivity index (χ1n) is 11.7. The Balaban J connectivity index is 1.66. The first kappa shape index (κ1) is 23.8. The molecule has 4 aromatic rings. The van der Waals surface area contributed by atoms with Gasteiger partial charge in [-0.2, -0.15) is 0 Å². The monoisotopic (exact) mass is 468 g/mol. The van der Waals surface area contributed by atoms with Crippen molar-refractivity contribution in [1.29, 1.82) is 0 Å². The molecule has 0 fully saturated rings. The van der Waals surface area contributed by atoms with Gasteiger partial charge in [0.05, 0.1) is 16.9 Å². The molecule has 4 rings (SSSR count). The van der Waals surface area contributed by atoms with Gasteiger partial charge in [-0.3, -0.25) is 4.79 Å². The number of benzene rings is 3. The molecule has 0 atom stereocenters. The van der Waals surface area contributed by atoms with Gasteiger partial charge in [0.1, 0.15) is 0 Å². The Morgan fingerprint density at radius 1 is 0.829 bits per heavy atom. The van der Waals surface area contributed by atoms with Crippen LogP contribution in [0.3, 0.4) is 0 Å². The minimum Gasteiger partial charge on any atom is -0.440 e. The maximum atomic E-state index is 13.6. The first-order valence-corrected chi connectivity index (χ1v) is 11.7. The van der Waals surface area contributed by atoms with Crippen LogP contribution in [0.2, 0.25) is 0 Å². The number of ether oxygens (including phenoxy) is 2. The quantitative estimate of drug-likeness (QED) is 0.174. The Labute approximate surface area is 204 Å². The molecule has 1 aromatic heterocycles. The van der Waals surface area contributed by atoms with E-state index in [1.165, 1.54) is 6.08 Å². The van der Waals surface area contributed by atoms with Crippen LogP contribution in [0.15, 0.2) is 102 Å². The third-order valence-electron chi connectivity index (χ3n) is 5.49. The normalized spacial score (nSPS) is 11.0. The predicted octanol–water partition coefficient (Wildman–Crippen LogP) is 5.56. The molecular formula is C29H28N2O4. The van der Waals surface area contributed by atoms with E-state index in [9.17, 15) is 9.59 Å². The molecule has 1 heterocycles. The number of rotatable bonds is 10. The molecule has 0 radical (unpaired) electrons. The SMILES string of the molecule is CCCCc1c(OCOC(=O)C=Cc2ccccc2)n(-c2ccccc2)n(-c2ccccc2)c1=O. The number of nitrogens with zero attached hydrogens (tertiary/aromatic N) is 2. The second-order valence-electron chi connectivity index (χ2n) is 7.96. The molecule has 0 saturated heterocycles. The fourth-order valence-electron chi connectivity index (χ4n) is 3.77. The Bertz CT molecular complexity index is 1320. The van der Waals surface area contributed by atoms with Crippen LogP contribution in [0.5, 0.6) is 5.88 Å². The van der Waals surface area contributed by atoms with Crippen molar-refractivity contribution in [3.8, 4) is 17.3 Å². The smallest absolute Gasteiger partial charge is 0.333 e. The van der Waals surface area contributed by atoms with Crippen molar-refractivity contribution in [2.45, 2.75) is 26.2 Å². The third kappa shape index (κ3) is 5.79. The number of unbranched alkanes of at least 4 members (excludes halogenated alkanes) is 1. The van der Waals surface area contributed by atoms with Gasteiger partial charge >= 0.3 is 5.97 Å². The minimum atomic E-state index is -0.528. The van der Waals surface area contributed by atoms with Gasteiger partial charge in [0.25, 0.3) is 5.56 Å². The van der Waals surface area contributed by atoms with E-state index in [2.05, 4.69) is 6.92 Å². The van der Waals surface area contributed by atoms with Crippen molar-refractivity contribution >= 4 is 12.0 Å². The van der Waals surface area contributed by atoms with Gasteiger partial charge in [0.2, 0.25) is 12.7 Å². The lowest BCUT2D eigenvalue weighted by molar-refractivity contribution is -0.144. The molecule has 3 aromatic carbocycles. The second-order valence-corrected chi connectivity index (χ2v) is 7.96. The molecule has 178 valence electrons. The first-order chi connectivity index (χ1) is 17.2. The van der Waals surface area contributed by atoms with E-state index in [-0.39, 0.29) is 12.4 Å². The summed E-state index contributed by atoms with van der Waals surface area (Å²) in [6.45, 7) is 1.76. The van der Waals surface area contributed by atoms with Gasteiger partial charge in [0.15, 0.2) is 0 Å². The largest absolute Gasteiger partial charge is 0.440 e. The van der Waals surface area contributed by atoms with E-state index in [1.54, 1.807) is 15.4 Å². The lowest BCUT2D eigenvalue weighted by atomic mass is 10.1. The van der Waals surface area contributed by atoms with Crippen LogP contribution in [-0.2, 0) is 16.0 Å². The van der Waals surface area contributed by atoms with Gasteiger partial charge in [-0.25, -0.2) is 14.2 Å². The number of hydrogen-bond acceptors (Lipinski definition) is 4. The van der Waals surface area contributed by atoms with Crippen LogP contribution in [-0.4, -0.2) is 22.1 Å². The van der Waals surface area contributed by atoms with Crippen molar-refractivity contribution in [3.63, 3.8) is 0 Å². The van der Waals surface area contributed by atoms with Crippen molar-refractivity contribution in [1.82, 2.24) is 9.36 Å². The fourth-order valence-corrected chi connectivity index (χ4v) is 3.77. The zero-order chi connectivity index (χ0) is 24.5. The maximum Gasteiger partial charge on any atom is 0.333 e. The molecule has 0 spiro atoms. The summed E-state index contributed by atoms with van der Waals surface area (Å²) in [7, 11) is 0. The average Bonchev–Trinajstić information content (AvgIpc) is 3.18. The fraction of sp³-hybridized carbons (Fsp3) is 0.172. The van der Waals surface area contributed by atoms with Gasteiger partial charge in [-0.1, -0.05) is 80.1 Å². The topological polar surface area (TPSA) is 62.5 Å². The molecule has 0 aliphatic rings. The van der Waals surface area contributed by atoms with E-state index in [4.69, 9.17) is 9.47 Å². The van der Waals surface area contributed by atoms with Gasteiger partial charge in [0, 0.05) is 6.08 Å². The van der Waals surface area contributed by atoms with E-state index >= 15 is 0 Å². The molecule has 0 unspecified atom stereocenters. The maximum absolute atomic E-state index is 13.6. The summed E-state index contributed by atoms with van der Waals surface area (Å²) in [5.41, 5.74) is 2.78. The molecular weight excluding hydrogens is 440 g/mol. The highest BCUT2D eigenvalue weighted by Crippen LogP contribution is 2.26. The Hall–Kier alpha value is -4.32. The molecule has 0 N–H and O–H groups in total. The zero-order valence-corrected chi connectivity index (χ0v) is 19.7. The standard InChI is InChI=1S/C29H28N2O4/c1-2-3-19-26-28(33)30(24-15-9-5-10-16-24)31(25-17-11-6-12-18-25)29(26)35-22-34-27(32)21-20-23-13-7-4-8-14-23/h4-18,20-21H,2-3,19,22H2,1H3. The molecule has 0 saturated carbocycles.